The van der Waals surface area contributed by atoms with E-state index in [1.165, 1.54) is 5.56 Å². The lowest BCUT2D eigenvalue weighted by atomic mass is 9.95. The SMILES string of the molecule is [2H]c1c([2H])c([2H])c(-c2cc3c4cccc(-c5ccc(N(c6ccccc6)c6ccc(-c7ccccc7)cc6)cc5)c4oc3c3ccccc23)c([2H])c1[2H]. The summed E-state index contributed by atoms with van der Waals surface area (Å²) < 4.78 is 49.0. The molecule has 0 saturated heterocycles. The van der Waals surface area contributed by atoms with Crippen LogP contribution >= 0.6 is 0 Å². The summed E-state index contributed by atoms with van der Waals surface area (Å²) in [5.41, 5.74) is 9.50. The molecule has 2 nitrogen and oxygen atoms in total. The van der Waals surface area contributed by atoms with Crippen molar-refractivity contribution in [2.75, 3.05) is 4.90 Å². The molecule has 9 rings (SSSR count). The van der Waals surface area contributed by atoms with E-state index < -0.39 is 6.04 Å². The molecule has 48 heavy (non-hydrogen) atoms. The van der Waals surface area contributed by atoms with Gasteiger partial charge in [0, 0.05) is 38.8 Å². The van der Waals surface area contributed by atoms with Crippen molar-refractivity contribution in [3.63, 3.8) is 0 Å². The number of rotatable bonds is 6. The molecule has 0 aliphatic carbocycles. The third-order valence-corrected chi connectivity index (χ3v) is 8.96. The highest BCUT2D eigenvalue weighted by Gasteiger charge is 2.18. The topological polar surface area (TPSA) is 16.4 Å². The third kappa shape index (κ3) is 4.83. The van der Waals surface area contributed by atoms with Crippen molar-refractivity contribution in [1.82, 2.24) is 0 Å². The summed E-state index contributed by atoms with van der Waals surface area (Å²) in [6.45, 7) is 0. The van der Waals surface area contributed by atoms with Crippen LogP contribution in [0.15, 0.2) is 192 Å². The Bertz CT molecular complexity index is 2790. The zero-order valence-electron chi connectivity index (χ0n) is 30.9. The minimum Gasteiger partial charge on any atom is -0.455 e. The van der Waals surface area contributed by atoms with Crippen LogP contribution in [0.5, 0.6) is 0 Å². The van der Waals surface area contributed by atoms with Crippen molar-refractivity contribution < 1.29 is 11.3 Å². The van der Waals surface area contributed by atoms with Crippen molar-refractivity contribution in [2.24, 2.45) is 0 Å². The van der Waals surface area contributed by atoms with Gasteiger partial charge in [-0.25, -0.2) is 0 Å². The molecule has 0 aliphatic rings. The third-order valence-electron chi connectivity index (χ3n) is 8.96. The Kier molecular flexibility index (Phi) is 5.64. The van der Waals surface area contributed by atoms with E-state index in [-0.39, 0.29) is 29.7 Å². The first-order valence-corrected chi connectivity index (χ1v) is 15.9. The first-order chi connectivity index (χ1) is 25.9. The molecule has 0 bridgehead atoms. The minimum absolute atomic E-state index is 0.174. The molecule has 8 aromatic carbocycles. The summed E-state index contributed by atoms with van der Waals surface area (Å²) in [6.07, 6.45) is 0. The van der Waals surface area contributed by atoms with E-state index in [4.69, 9.17) is 11.3 Å². The second-order valence-corrected chi connectivity index (χ2v) is 11.8. The van der Waals surface area contributed by atoms with E-state index in [9.17, 15) is 0 Å². The van der Waals surface area contributed by atoms with Crippen LogP contribution in [0, 0.1) is 0 Å². The quantitative estimate of drug-likeness (QED) is 0.184. The van der Waals surface area contributed by atoms with E-state index in [1.54, 1.807) is 0 Å². The highest BCUT2D eigenvalue weighted by Crippen LogP contribution is 2.43. The van der Waals surface area contributed by atoms with Gasteiger partial charge in [0.15, 0.2) is 0 Å². The molecule has 0 amide bonds. The van der Waals surface area contributed by atoms with E-state index in [2.05, 4.69) is 95.9 Å². The lowest BCUT2D eigenvalue weighted by Gasteiger charge is -2.26. The average molecular weight is 619 g/mol. The van der Waals surface area contributed by atoms with E-state index in [1.807, 2.05) is 66.7 Å². The molecule has 0 fully saturated rings. The van der Waals surface area contributed by atoms with Crippen molar-refractivity contribution in [1.29, 1.82) is 0 Å². The van der Waals surface area contributed by atoms with Gasteiger partial charge < -0.3 is 9.32 Å². The number of hydrogen-bond donors (Lipinski definition) is 0. The van der Waals surface area contributed by atoms with Crippen LogP contribution in [0.3, 0.4) is 0 Å². The molecule has 1 aromatic heterocycles. The molecule has 0 aliphatic heterocycles. The second-order valence-electron chi connectivity index (χ2n) is 11.8. The maximum Gasteiger partial charge on any atom is 0.143 e. The predicted molar refractivity (Wildman–Crippen MR) is 202 cm³/mol. The smallest absolute Gasteiger partial charge is 0.143 e. The summed E-state index contributed by atoms with van der Waals surface area (Å²) in [5, 5.41) is 3.25. The largest absolute Gasteiger partial charge is 0.455 e. The van der Waals surface area contributed by atoms with Crippen LogP contribution in [0.4, 0.5) is 17.1 Å². The zero-order chi connectivity index (χ0) is 36.2. The normalized spacial score (nSPS) is 12.8. The second kappa shape index (κ2) is 11.8. The van der Waals surface area contributed by atoms with Crippen LogP contribution < -0.4 is 4.90 Å². The number of fused-ring (bicyclic) bond motifs is 5. The van der Waals surface area contributed by atoms with E-state index >= 15 is 0 Å². The molecule has 0 spiro atoms. The Morgan fingerprint density at radius 3 is 1.62 bits per heavy atom. The summed E-state index contributed by atoms with van der Waals surface area (Å²) >= 11 is 0. The van der Waals surface area contributed by atoms with Gasteiger partial charge in [-0.1, -0.05) is 145 Å². The predicted octanol–water partition coefficient (Wildman–Crippen LogP) is 13.2. The Morgan fingerprint density at radius 2 is 0.917 bits per heavy atom. The van der Waals surface area contributed by atoms with E-state index in [0.29, 0.717) is 11.1 Å². The van der Waals surface area contributed by atoms with Gasteiger partial charge in [-0.05, 0) is 75.7 Å². The van der Waals surface area contributed by atoms with Crippen molar-refractivity contribution in [3.05, 3.63) is 188 Å². The lowest BCUT2D eigenvalue weighted by molar-refractivity contribution is 0.674. The Balaban J connectivity index is 1.16. The summed E-state index contributed by atoms with van der Waals surface area (Å²) in [7, 11) is 0. The Labute approximate surface area is 286 Å². The van der Waals surface area contributed by atoms with E-state index in [0.717, 1.165) is 60.9 Å². The molecular weight excluding hydrogens is 583 g/mol. The first kappa shape index (κ1) is 23.0. The number of para-hydroxylation sites is 2. The minimum atomic E-state index is -0.411. The van der Waals surface area contributed by atoms with Gasteiger partial charge in [0.25, 0.3) is 0 Å². The van der Waals surface area contributed by atoms with Crippen LogP contribution in [0.25, 0.3) is 66.1 Å². The summed E-state index contributed by atoms with van der Waals surface area (Å²) in [6, 6.07) is 51.9. The fraction of sp³-hybridized carbons (Fsp3) is 0. The Hall–Kier alpha value is -6.38. The van der Waals surface area contributed by atoms with Crippen molar-refractivity contribution >= 4 is 49.8 Å². The van der Waals surface area contributed by atoms with Crippen molar-refractivity contribution in [3.8, 4) is 33.4 Å². The van der Waals surface area contributed by atoms with Crippen LogP contribution in [-0.2, 0) is 0 Å². The lowest BCUT2D eigenvalue weighted by Crippen LogP contribution is -2.09. The summed E-state index contributed by atoms with van der Waals surface area (Å²) in [5.74, 6) is 0. The first-order valence-electron chi connectivity index (χ1n) is 18.4. The highest BCUT2D eigenvalue weighted by molar-refractivity contribution is 6.20. The summed E-state index contributed by atoms with van der Waals surface area (Å²) in [4.78, 5) is 2.24. The standard InChI is InChI=1S/C46H31NO/c1-4-13-32(14-5-1)33-23-27-37(28-24-33)47(36-17-8-3-9-18-36)38-29-25-35(26-30-38)39-21-12-22-42-44-31-43(34-15-6-2-7-16-34)40-19-10-11-20-41(40)46(44)48-45(39)42/h1-31H/i2D,6D,7D,15D,16D. The van der Waals surface area contributed by atoms with Gasteiger partial charge in [-0.15, -0.1) is 0 Å². The molecule has 1 heterocycles. The average Bonchev–Trinajstić information content (AvgIpc) is 3.60. The van der Waals surface area contributed by atoms with Gasteiger partial charge in [0.2, 0.25) is 0 Å². The maximum absolute atomic E-state index is 8.73. The molecule has 0 saturated carbocycles. The molecule has 0 atom stereocenters. The van der Waals surface area contributed by atoms with Gasteiger partial charge in [0.05, 0.1) is 6.85 Å². The van der Waals surface area contributed by atoms with Gasteiger partial charge in [0.1, 0.15) is 11.2 Å². The molecule has 9 aromatic rings. The molecule has 2 heteroatoms. The van der Waals surface area contributed by atoms with Gasteiger partial charge in [-0.2, -0.15) is 0 Å². The van der Waals surface area contributed by atoms with Crippen LogP contribution in [0.1, 0.15) is 6.85 Å². The molecular formula is C46H31NO. The molecule has 226 valence electrons. The monoisotopic (exact) mass is 618 g/mol. The number of hydrogen-bond acceptors (Lipinski definition) is 2. The van der Waals surface area contributed by atoms with Crippen LogP contribution in [-0.4, -0.2) is 0 Å². The highest BCUT2D eigenvalue weighted by atomic mass is 16.3. The molecule has 0 radical (unpaired) electrons. The fourth-order valence-corrected chi connectivity index (χ4v) is 6.69. The number of nitrogens with zero attached hydrogens (tertiary/aromatic N) is 1. The zero-order valence-corrected chi connectivity index (χ0v) is 25.9. The maximum atomic E-state index is 8.73. The molecule has 0 N–H and O–H groups in total. The van der Waals surface area contributed by atoms with Gasteiger partial charge >= 0.3 is 0 Å². The number of anilines is 3. The van der Waals surface area contributed by atoms with Crippen molar-refractivity contribution in [2.45, 2.75) is 0 Å². The number of furan rings is 1. The Morgan fingerprint density at radius 1 is 0.375 bits per heavy atom. The van der Waals surface area contributed by atoms with Crippen LogP contribution in [0.2, 0.25) is 0 Å². The molecule has 0 unspecified atom stereocenters. The fourth-order valence-electron chi connectivity index (χ4n) is 6.69. The van der Waals surface area contributed by atoms with Gasteiger partial charge in [-0.3, -0.25) is 0 Å². The number of benzene rings is 8.